The number of nitrogens with one attached hydrogen (secondary N) is 2. The van der Waals surface area contributed by atoms with Crippen molar-refractivity contribution >= 4 is 66.1 Å². The fourth-order valence-electron chi connectivity index (χ4n) is 2.15. The van der Waals surface area contributed by atoms with Gasteiger partial charge in [-0.1, -0.05) is 18.2 Å². The number of furan rings is 1. The Bertz CT molecular complexity index is 1020. The number of H-pyrrole nitrogens is 1. The second-order valence-electron chi connectivity index (χ2n) is 4.64. The molecule has 0 aliphatic heterocycles. The standard InChI is InChI=1S/C14H8Br2N6O/c15-9-5-7(23-12(9)16)6-17-21-14-19-13-11(20-22-14)8-3-1-2-4-10(8)18-13/h1-6H,(H2,18,19,21,22)/b17-6-. The Hall–Kier alpha value is -2.26. The fourth-order valence-corrected chi connectivity index (χ4v) is 2.76. The first-order valence-electron chi connectivity index (χ1n) is 6.56. The molecule has 0 aliphatic carbocycles. The van der Waals surface area contributed by atoms with Crippen molar-refractivity contribution < 1.29 is 4.42 Å². The number of aromatic nitrogens is 4. The van der Waals surface area contributed by atoms with Crippen LogP contribution < -0.4 is 5.43 Å². The molecule has 114 valence electrons. The van der Waals surface area contributed by atoms with E-state index in [1.165, 1.54) is 6.21 Å². The molecule has 4 rings (SSSR count). The number of benzene rings is 1. The van der Waals surface area contributed by atoms with Crippen LogP contribution in [0.1, 0.15) is 5.76 Å². The number of hydrogen-bond donors (Lipinski definition) is 2. The van der Waals surface area contributed by atoms with Crippen LogP contribution >= 0.6 is 31.9 Å². The van der Waals surface area contributed by atoms with Gasteiger partial charge in [0.2, 0.25) is 0 Å². The van der Waals surface area contributed by atoms with Crippen molar-refractivity contribution in [1.82, 2.24) is 20.2 Å². The first-order chi connectivity index (χ1) is 11.2. The van der Waals surface area contributed by atoms with Gasteiger partial charge in [-0.2, -0.15) is 10.1 Å². The third-order valence-corrected chi connectivity index (χ3v) is 4.85. The average Bonchev–Trinajstić information content (AvgIpc) is 3.07. The summed E-state index contributed by atoms with van der Waals surface area (Å²) in [6.07, 6.45) is 1.52. The van der Waals surface area contributed by atoms with Crippen molar-refractivity contribution in [3.05, 3.63) is 45.2 Å². The Morgan fingerprint density at radius 1 is 1.22 bits per heavy atom. The fraction of sp³-hybridized carbons (Fsp3) is 0. The highest BCUT2D eigenvalue weighted by Crippen LogP contribution is 2.26. The smallest absolute Gasteiger partial charge is 0.265 e. The maximum atomic E-state index is 5.38. The van der Waals surface area contributed by atoms with Gasteiger partial charge in [0.05, 0.1) is 10.7 Å². The van der Waals surface area contributed by atoms with E-state index in [0.29, 0.717) is 22.0 Å². The molecular formula is C14H8Br2N6O. The predicted molar refractivity (Wildman–Crippen MR) is 94.5 cm³/mol. The number of fused-ring (bicyclic) bond motifs is 3. The van der Waals surface area contributed by atoms with Crippen LogP contribution in [0, 0.1) is 0 Å². The van der Waals surface area contributed by atoms with Gasteiger partial charge in [-0.05, 0) is 37.9 Å². The molecule has 0 saturated carbocycles. The normalized spacial score (nSPS) is 11.7. The molecule has 1 aromatic carbocycles. The summed E-state index contributed by atoms with van der Waals surface area (Å²) in [6, 6.07) is 9.63. The lowest BCUT2D eigenvalue weighted by molar-refractivity contribution is 0.533. The zero-order chi connectivity index (χ0) is 15.8. The van der Waals surface area contributed by atoms with Crippen molar-refractivity contribution in [1.29, 1.82) is 0 Å². The molecule has 7 nitrogen and oxygen atoms in total. The zero-order valence-electron chi connectivity index (χ0n) is 11.4. The van der Waals surface area contributed by atoms with Crippen LogP contribution in [0.25, 0.3) is 22.1 Å². The molecule has 0 amide bonds. The van der Waals surface area contributed by atoms with Gasteiger partial charge in [0.25, 0.3) is 5.95 Å². The largest absolute Gasteiger partial charge is 0.447 e. The number of aromatic amines is 1. The number of rotatable bonds is 3. The third-order valence-electron chi connectivity index (χ3n) is 3.14. The molecule has 0 radical (unpaired) electrons. The first-order valence-corrected chi connectivity index (χ1v) is 8.14. The van der Waals surface area contributed by atoms with Crippen molar-refractivity contribution in [3.8, 4) is 0 Å². The van der Waals surface area contributed by atoms with Crippen LogP contribution in [-0.2, 0) is 0 Å². The molecule has 0 spiro atoms. The SMILES string of the molecule is Brc1cc(/C=N\Nc2nnc3c(n2)[nH]c2ccccc23)oc1Br. The Balaban J connectivity index is 1.60. The Morgan fingerprint density at radius 2 is 2.09 bits per heavy atom. The number of hydrazone groups is 1. The summed E-state index contributed by atoms with van der Waals surface area (Å²) in [5.41, 5.74) is 5.09. The number of hydrogen-bond acceptors (Lipinski definition) is 6. The summed E-state index contributed by atoms with van der Waals surface area (Å²) in [5, 5.41) is 13.2. The molecule has 0 atom stereocenters. The zero-order valence-corrected chi connectivity index (χ0v) is 14.6. The van der Waals surface area contributed by atoms with Crippen LogP contribution in [-0.4, -0.2) is 26.4 Å². The molecule has 9 heteroatoms. The first kappa shape index (κ1) is 14.3. The highest BCUT2D eigenvalue weighted by Gasteiger charge is 2.08. The maximum Gasteiger partial charge on any atom is 0.265 e. The molecular weight excluding hydrogens is 428 g/mol. The second kappa shape index (κ2) is 5.74. The van der Waals surface area contributed by atoms with Crippen molar-refractivity contribution in [2.24, 2.45) is 5.10 Å². The summed E-state index contributed by atoms with van der Waals surface area (Å²) in [6.45, 7) is 0. The molecule has 0 aliphatic rings. The van der Waals surface area contributed by atoms with Gasteiger partial charge >= 0.3 is 0 Å². The quantitative estimate of drug-likeness (QED) is 0.373. The minimum Gasteiger partial charge on any atom is -0.447 e. The van der Waals surface area contributed by atoms with Crippen LogP contribution in [0.4, 0.5) is 5.95 Å². The van der Waals surface area contributed by atoms with Gasteiger partial charge in [0.1, 0.15) is 11.3 Å². The molecule has 0 unspecified atom stereocenters. The van der Waals surface area contributed by atoms with Crippen LogP contribution in [0.3, 0.4) is 0 Å². The van der Waals surface area contributed by atoms with Crippen molar-refractivity contribution in [3.63, 3.8) is 0 Å². The monoisotopic (exact) mass is 434 g/mol. The summed E-state index contributed by atoms with van der Waals surface area (Å²) in [7, 11) is 0. The topological polar surface area (TPSA) is 92.0 Å². The molecule has 0 saturated heterocycles. The lowest BCUT2D eigenvalue weighted by Crippen LogP contribution is -1.98. The van der Waals surface area contributed by atoms with E-state index in [2.05, 4.69) is 62.6 Å². The van der Waals surface area contributed by atoms with Crippen LogP contribution in [0.15, 0.2) is 49.0 Å². The van der Waals surface area contributed by atoms with E-state index in [1.54, 1.807) is 6.07 Å². The second-order valence-corrected chi connectivity index (χ2v) is 6.22. The van der Waals surface area contributed by atoms with E-state index in [9.17, 15) is 0 Å². The molecule has 3 heterocycles. The summed E-state index contributed by atoms with van der Waals surface area (Å²) in [5.74, 6) is 0.876. The van der Waals surface area contributed by atoms with Crippen LogP contribution in [0.2, 0.25) is 0 Å². The lowest BCUT2D eigenvalue weighted by atomic mass is 10.2. The Morgan fingerprint density at radius 3 is 2.91 bits per heavy atom. The maximum absolute atomic E-state index is 5.38. The molecule has 23 heavy (non-hydrogen) atoms. The van der Waals surface area contributed by atoms with E-state index >= 15 is 0 Å². The number of halogens is 2. The van der Waals surface area contributed by atoms with Gasteiger partial charge in [-0.3, -0.25) is 0 Å². The average molecular weight is 436 g/mol. The molecule has 0 bridgehead atoms. The summed E-state index contributed by atoms with van der Waals surface area (Å²) in [4.78, 5) is 7.56. The number of nitrogens with zero attached hydrogens (tertiary/aromatic N) is 4. The van der Waals surface area contributed by atoms with E-state index < -0.39 is 0 Å². The third kappa shape index (κ3) is 2.73. The van der Waals surface area contributed by atoms with E-state index in [0.717, 1.165) is 20.9 Å². The minimum atomic E-state index is 0.296. The Kier molecular flexibility index (Phi) is 3.58. The molecule has 0 fully saturated rings. The number of anilines is 1. The predicted octanol–water partition coefficient (Wildman–Crippen LogP) is 4.07. The molecule has 2 N–H and O–H groups in total. The van der Waals surface area contributed by atoms with Gasteiger partial charge in [-0.15, -0.1) is 10.2 Å². The highest BCUT2D eigenvalue weighted by atomic mass is 79.9. The number of para-hydroxylation sites is 1. The van der Waals surface area contributed by atoms with Gasteiger partial charge in [0.15, 0.2) is 10.3 Å². The summed E-state index contributed by atoms with van der Waals surface area (Å²) >= 11 is 6.60. The molecule has 3 aromatic heterocycles. The summed E-state index contributed by atoms with van der Waals surface area (Å²) < 4.78 is 6.80. The van der Waals surface area contributed by atoms with Crippen molar-refractivity contribution in [2.45, 2.75) is 0 Å². The Labute approximate surface area is 146 Å². The van der Waals surface area contributed by atoms with E-state index in [1.807, 2.05) is 24.3 Å². The van der Waals surface area contributed by atoms with Crippen LogP contribution in [0.5, 0.6) is 0 Å². The van der Waals surface area contributed by atoms with E-state index in [4.69, 9.17) is 4.42 Å². The van der Waals surface area contributed by atoms with Crippen molar-refractivity contribution in [2.75, 3.05) is 5.43 Å². The minimum absolute atomic E-state index is 0.296. The lowest BCUT2D eigenvalue weighted by Gasteiger charge is -1.96. The van der Waals surface area contributed by atoms with Gasteiger partial charge in [-0.25, -0.2) is 5.43 Å². The van der Waals surface area contributed by atoms with E-state index in [-0.39, 0.29) is 0 Å². The van der Waals surface area contributed by atoms with Gasteiger partial charge in [0, 0.05) is 17.0 Å². The molecule has 4 aromatic rings. The van der Waals surface area contributed by atoms with Gasteiger partial charge < -0.3 is 9.40 Å². The highest BCUT2D eigenvalue weighted by molar-refractivity contribution is 9.13.